The largest absolute Gasteiger partial charge is 0.481 e. The summed E-state index contributed by atoms with van der Waals surface area (Å²) in [5.41, 5.74) is 0.761. The number of non-ortho nitro benzene ring substituents is 1. The first-order valence-corrected chi connectivity index (χ1v) is 13.3. The van der Waals surface area contributed by atoms with Gasteiger partial charge in [0.2, 0.25) is 5.75 Å². The van der Waals surface area contributed by atoms with Crippen LogP contribution in [0.15, 0.2) is 73.4 Å². The summed E-state index contributed by atoms with van der Waals surface area (Å²) in [6.45, 7) is 3.88. The number of nitro groups is 2. The third kappa shape index (κ3) is 6.20. The molecule has 0 aliphatic carbocycles. The zero-order chi connectivity index (χ0) is 28.3. The zero-order valence-electron chi connectivity index (χ0n) is 20.7. The van der Waals surface area contributed by atoms with E-state index in [1.807, 2.05) is 19.9 Å². The Labute approximate surface area is 238 Å². The zero-order valence-corrected chi connectivity index (χ0v) is 23.9. The molecule has 0 amide bonds. The lowest BCUT2D eigenvalue weighted by molar-refractivity contribution is -0.386. The molecule has 0 radical (unpaired) electrons. The quantitative estimate of drug-likeness (QED) is 0.110. The lowest BCUT2D eigenvalue weighted by Crippen LogP contribution is -2.23. The SMILES string of the molecule is CC[C@@H](C)c1nc2ccc(Br)cc2c(=O)n1N=Cc1cc(Br)c(OCc2ccc([N+](=O)[O-])cc2)c([N+](=O)[O-])c1. The van der Waals surface area contributed by atoms with Crippen molar-refractivity contribution in [2.24, 2.45) is 5.10 Å². The van der Waals surface area contributed by atoms with Crippen molar-refractivity contribution in [3.05, 3.63) is 111 Å². The average molecular weight is 659 g/mol. The molecule has 4 aromatic rings. The van der Waals surface area contributed by atoms with Crippen LogP contribution in [0, 0.1) is 20.2 Å². The summed E-state index contributed by atoms with van der Waals surface area (Å²) in [5.74, 6) is 0.398. The Kier molecular flexibility index (Phi) is 8.51. The standard InChI is InChI=1S/C26H21Br2N5O6/c1-3-15(2)25-30-22-9-6-18(27)12-20(22)26(34)31(25)29-13-17-10-21(28)24(23(11-17)33(37)38)39-14-16-4-7-19(8-5-16)32(35)36/h4-13,15H,3,14H2,1-2H3/t15-/m1/s1. The topological polar surface area (TPSA) is 143 Å². The van der Waals surface area contributed by atoms with Crippen molar-refractivity contribution in [2.75, 3.05) is 0 Å². The first kappa shape index (κ1) is 28.0. The number of benzene rings is 3. The average Bonchev–Trinajstić information content (AvgIpc) is 2.91. The lowest BCUT2D eigenvalue weighted by atomic mass is 10.1. The molecule has 0 spiro atoms. The van der Waals surface area contributed by atoms with E-state index in [9.17, 15) is 25.0 Å². The van der Waals surface area contributed by atoms with Crippen molar-refractivity contribution in [1.82, 2.24) is 9.66 Å². The van der Waals surface area contributed by atoms with Crippen LogP contribution >= 0.6 is 31.9 Å². The molecule has 39 heavy (non-hydrogen) atoms. The molecule has 11 nitrogen and oxygen atoms in total. The van der Waals surface area contributed by atoms with Crippen LogP contribution in [0.1, 0.15) is 43.1 Å². The molecular weight excluding hydrogens is 638 g/mol. The van der Waals surface area contributed by atoms with E-state index in [2.05, 4.69) is 41.9 Å². The summed E-state index contributed by atoms with van der Waals surface area (Å²) in [6.07, 6.45) is 2.08. The van der Waals surface area contributed by atoms with Gasteiger partial charge in [-0.3, -0.25) is 25.0 Å². The number of rotatable bonds is 9. The third-order valence-corrected chi connectivity index (χ3v) is 7.06. The Morgan fingerprint density at radius 2 is 1.79 bits per heavy atom. The van der Waals surface area contributed by atoms with Gasteiger partial charge in [0.05, 0.1) is 31.4 Å². The van der Waals surface area contributed by atoms with E-state index in [1.165, 1.54) is 41.2 Å². The van der Waals surface area contributed by atoms with Gasteiger partial charge in [-0.2, -0.15) is 9.78 Å². The van der Waals surface area contributed by atoms with Crippen molar-refractivity contribution >= 4 is 60.4 Å². The van der Waals surface area contributed by atoms with Crippen LogP contribution in [0.25, 0.3) is 10.9 Å². The summed E-state index contributed by atoms with van der Waals surface area (Å²) >= 11 is 6.71. The van der Waals surface area contributed by atoms with Gasteiger partial charge in [-0.15, -0.1) is 0 Å². The molecule has 0 saturated carbocycles. The van der Waals surface area contributed by atoms with Gasteiger partial charge in [0.1, 0.15) is 12.4 Å². The van der Waals surface area contributed by atoms with Gasteiger partial charge in [-0.1, -0.05) is 29.8 Å². The summed E-state index contributed by atoms with van der Waals surface area (Å²) in [5, 5.41) is 27.5. The Bertz CT molecular complexity index is 1670. The molecule has 0 aliphatic rings. The summed E-state index contributed by atoms with van der Waals surface area (Å²) in [6, 6.07) is 13.8. The van der Waals surface area contributed by atoms with Gasteiger partial charge in [-0.05, 0) is 64.3 Å². The number of ether oxygens (including phenoxy) is 1. The number of nitrogens with zero attached hydrogens (tertiary/aromatic N) is 5. The minimum absolute atomic E-state index is 0.00909. The molecule has 13 heteroatoms. The van der Waals surface area contributed by atoms with E-state index in [4.69, 9.17) is 4.74 Å². The minimum atomic E-state index is -0.584. The van der Waals surface area contributed by atoms with E-state index < -0.39 is 9.85 Å². The minimum Gasteiger partial charge on any atom is -0.481 e. The first-order valence-electron chi connectivity index (χ1n) is 11.7. The Hall–Kier alpha value is -3.97. The molecule has 200 valence electrons. The van der Waals surface area contributed by atoms with Gasteiger partial charge in [0.15, 0.2) is 0 Å². The van der Waals surface area contributed by atoms with Crippen molar-refractivity contribution in [1.29, 1.82) is 0 Å². The summed E-state index contributed by atoms with van der Waals surface area (Å²) < 4.78 is 7.96. The van der Waals surface area contributed by atoms with Gasteiger partial charge in [0.25, 0.3) is 11.2 Å². The Morgan fingerprint density at radius 3 is 2.44 bits per heavy atom. The highest BCUT2D eigenvalue weighted by atomic mass is 79.9. The first-order chi connectivity index (χ1) is 18.6. The van der Waals surface area contributed by atoms with E-state index in [0.717, 1.165) is 10.9 Å². The van der Waals surface area contributed by atoms with E-state index in [-0.39, 0.29) is 35.2 Å². The van der Waals surface area contributed by atoms with Gasteiger partial charge in [-0.25, -0.2) is 4.98 Å². The molecule has 0 bridgehead atoms. The second-order valence-electron chi connectivity index (χ2n) is 8.62. The summed E-state index contributed by atoms with van der Waals surface area (Å²) in [7, 11) is 0. The van der Waals surface area contributed by atoms with Gasteiger partial charge in [0, 0.05) is 34.2 Å². The predicted octanol–water partition coefficient (Wildman–Crippen LogP) is 6.71. The van der Waals surface area contributed by atoms with Crippen LogP contribution in [0.3, 0.4) is 0 Å². The van der Waals surface area contributed by atoms with E-state index in [1.54, 1.807) is 18.2 Å². The monoisotopic (exact) mass is 657 g/mol. The van der Waals surface area contributed by atoms with Crippen LogP contribution in [0.2, 0.25) is 0 Å². The molecule has 3 aromatic carbocycles. The maximum atomic E-state index is 13.3. The molecule has 1 aromatic heterocycles. The highest BCUT2D eigenvalue weighted by molar-refractivity contribution is 9.10. The Morgan fingerprint density at radius 1 is 1.08 bits per heavy atom. The fraction of sp³-hybridized carbons (Fsp3) is 0.192. The highest BCUT2D eigenvalue weighted by Gasteiger charge is 2.21. The van der Waals surface area contributed by atoms with Gasteiger partial charge >= 0.3 is 5.69 Å². The second kappa shape index (κ2) is 11.8. The van der Waals surface area contributed by atoms with Crippen LogP contribution in [-0.4, -0.2) is 25.7 Å². The molecule has 0 aliphatic heterocycles. The molecule has 0 fully saturated rings. The molecule has 1 heterocycles. The molecule has 0 unspecified atom stereocenters. The fourth-order valence-corrected chi connectivity index (χ4v) is 4.67. The molecule has 0 N–H and O–H groups in total. The number of halogens is 2. The fourth-order valence-electron chi connectivity index (χ4n) is 3.73. The van der Waals surface area contributed by atoms with Gasteiger partial charge < -0.3 is 4.74 Å². The van der Waals surface area contributed by atoms with Crippen molar-refractivity contribution < 1.29 is 14.6 Å². The predicted molar refractivity (Wildman–Crippen MR) is 154 cm³/mol. The van der Waals surface area contributed by atoms with E-state index >= 15 is 0 Å². The smallest absolute Gasteiger partial charge is 0.312 e. The maximum absolute atomic E-state index is 13.3. The summed E-state index contributed by atoms with van der Waals surface area (Å²) in [4.78, 5) is 39.6. The molecular formula is C26H21Br2N5O6. The lowest BCUT2D eigenvalue weighted by Gasteiger charge is -2.14. The number of aromatic nitrogens is 2. The number of nitro benzene ring substituents is 2. The van der Waals surface area contributed by atoms with E-state index in [0.29, 0.717) is 32.3 Å². The highest BCUT2D eigenvalue weighted by Crippen LogP contribution is 2.37. The molecule has 4 rings (SSSR count). The number of hydrogen-bond acceptors (Lipinski definition) is 8. The van der Waals surface area contributed by atoms with Crippen molar-refractivity contribution in [3.8, 4) is 5.75 Å². The van der Waals surface area contributed by atoms with Crippen LogP contribution in [-0.2, 0) is 6.61 Å². The number of hydrogen-bond donors (Lipinski definition) is 0. The van der Waals surface area contributed by atoms with Crippen LogP contribution < -0.4 is 10.3 Å². The number of fused-ring (bicyclic) bond motifs is 1. The maximum Gasteiger partial charge on any atom is 0.312 e. The van der Waals surface area contributed by atoms with Crippen LogP contribution in [0.5, 0.6) is 5.75 Å². The second-order valence-corrected chi connectivity index (χ2v) is 10.4. The van der Waals surface area contributed by atoms with Crippen LogP contribution in [0.4, 0.5) is 11.4 Å². The normalized spacial score (nSPS) is 12.1. The Balaban J connectivity index is 1.69. The van der Waals surface area contributed by atoms with Crippen molar-refractivity contribution in [2.45, 2.75) is 32.8 Å². The molecule has 1 atom stereocenters. The molecule has 0 saturated heterocycles. The van der Waals surface area contributed by atoms with Crippen molar-refractivity contribution in [3.63, 3.8) is 0 Å². The third-order valence-electron chi connectivity index (χ3n) is 5.98.